The minimum absolute atomic E-state index is 0.0521. The molecule has 3 aromatic rings. The second-order valence-corrected chi connectivity index (χ2v) is 8.57. The number of rotatable bonds is 4. The van der Waals surface area contributed by atoms with Crippen LogP contribution in [-0.2, 0) is 11.2 Å². The summed E-state index contributed by atoms with van der Waals surface area (Å²) in [7, 11) is 0. The molecule has 0 saturated heterocycles. The van der Waals surface area contributed by atoms with E-state index in [2.05, 4.69) is 16.4 Å². The number of fused-ring (bicyclic) bond motifs is 1. The van der Waals surface area contributed by atoms with E-state index in [9.17, 15) is 14.0 Å². The average Bonchev–Trinajstić information content (AvgIpc) is 3.52. The van der Waals surface area contributed by atoms with Gasteiger partial charge in [-0.25, -0.2) is 9.37 Å². The monoisotopic (exact) mass is 421 g/mol. The highest BCUT2D eigenvalue weighted by Crippen LogP contribution is 2.35. The zero-order chi connectivity index (χ0) is 20.7. The lowest BCUT2D eigenvalue weighted by Crippen LogP contribution is -2.35. The zero-order valence-corrected chi connectivity index (χ0v) is 17.0. The van der Waals surface area contributed by atoms with Crippen molar-refractivity contribution in [3.63, 3.8) is 0 Å². The number of halogens is 1. The van der Waals surface area contributed by atoms with Gasteiger partial charge in [-0.05, 0) is 67.6 Å². The second-order valence-electron chi connectivity index (χ2n) is 7.71. The predicted octanol–water partition coefficient (Wildman–Crippen LogP) is 4.89. The number of carbonyl (C=O) groups is 2. The molecule has 30 heavy (non-hydrogen) atoms. The summed E-state index contributed by atoms with van der Waals surface area (Å²) in [4.78, 5) is 31.2. The molecule has 1 N–H and O–H groups in total. The van der Waals surface area contributed by atoms with E-state index in [1.807, 2.05) is 17.5 Å². The number of nitrogens with zero attached hydrogens (tertiary/aromatic N) is 2. The second kappa shape index (κ2) is 7.65. The number of benzene rings is 2. The fourth-order valence-corrected chi connectivity index (χ4v) is 4.46. The number of aryl methyl sites for hydroxylation is 1. The molecule has 1 aliphatic carbocycles. The molecule has 0 bridgehead atoms. The van der Waals surface area contributed by atoms with Gasteiger partial charge in [-0.3, -0.25) is 9.59 Å². The lowest BCUT2D eigenvalue weighted by molar-refractivity contribution is -0.117. The van der Waals surface area contributed by atoms with Gasteiger partial charge in [0.1, 0.15) is 5.82 Å². The highest BCUT2D eigenvalue weighted by molar-refractivity contribution is 7.14. The zero-order valence-electron chi connectivity index (χ0n) is 16.2. The van der Waals surface area contributed by atoms with E-state index in [0.717, 1.165) is 48.2 Å². The van der Waals surface area contributed by atoms with Crippen LogP contribution < -0.4 is 10.2 Å². The Bertz CT molecular complexity index is 1120. The number of carbonyl (C=O) groups excluding carboxylic acids is 2. The number of hydrogen-bond acceptors (Lipinski definition) is 4. The van der Waals surface area contributed by atoms with E-state index in [1.54, 1.807) is 4.90 Å². The molecule has 1 aromatic heterocycles. The first-order valence-electron chi connectivity index (χ1n) is 10.1. The number of anilines is 2. The standard InChI is InChI=1S/C23H20FN3O2S/c24-18-8-5-15(6-9-18)22(29)27-11-1-2-17-12-16(7-10-20(17)27)19-13-30-23(25-19)26-21(28)14-3-4-14/h5-10,12-14H,1-4,11H2,(H,25,26,28). The van der Waals surface area contributed by atoms with Gasteiger partial charge in [-0.15, -0.1) is 11.3 Å². The van der Waals surface area contributed by atoms with Crippen molar-refractivity contribution in [2.75, 3.05) is 16.8 Å². The van der Waals surface area contributed by atoms with E-state index in [1.165, 1.54) is 35.6 Å². The summed E-state index contributed by atoms with van der Waals surface area (Å²) in [5.74, 6) is -0.282. The van der Waals surface area contributed by atoms with Gasteiger partial charge in [-0.2, -0.15) is 0 Å². The van der Waals surface area contributed by atoms with Crippen molar-refractivity contribution < 1.29 is 14.0 Å². The largest absolute Gasteiger partial charge is 0.308 e. The predicted molar refractivity (Wildman–Crippen MR) is 115 cm³/mol. The highest BCUT2D eigenvalue weighted by Gasteiger charge is 2.30. The van der Waals surface area contributed by atoms with Crippen molar-refractivity contribution >= 4 is 34.0 Å². The van der Waals surface area contributed by atoms with Gasteiger partial charge in [0.25, 0.3) is 5.91 Å². The number of thiazole rings is 1. The van der Waals surface area contributed by atoms with Crippen molar-refractivity contribution in [3.05, 3.63) is 64.8 Å². The number of hydrogen-bond donors (Lipinski definition) is 1. The topological polar surface area (TPSA) is 62.3 Å². The molecular formula is C23H20FN3O2S. The summed E-state index contributed by atoms with van der Waals surface area (Å²) in [6.07, 6.45) is 3.67. The third kappa shape index (κ3) is 3.73. The molecule has 2 aliphatic rings. The van der Waals surface area contributed by atoms with E-state index in [4.69, 9.17) is 0 Å². The summed E-state index contributed by atoms with van der Waals surface area (Å²) >= 11 is 1.42. The molecule has 7 heteroatoms. The maximum Gasteiger partial charge on any atom is 0.258 e. The molecule has 2 heterocycles. The Balaban J connectivity index is 1.38. The van der Waals surface area contributed by atoms with Gasteiger partial charge in [0.15, 0.2) is 5.13 Å². The molecule has 5 nitrogen and oxygen atoms in total. The van der Waals surface area contributed by atoms with Crippen LogP contribution in [0.2, 0.25) is 0 Å². The Morgan fingerprint density at radius 1 is 1.13 bits per heavy atom. The summed E-state index contributed by atoms with van der Waals surface area (Å²) < 4.78 is 13.2. The third-order valence-electron chi connectivity index (χ3n) is 5.51. The van der Waals surface area contributed by atoms with Crippen LogP contribution in [0, 0.1) is 11.7 Å². The quantitative estimate of drug-likeness (QED) is 0.652. The average molecular weight is 421 g/mol. The Morgan fingerprint density at radius 2 is 1.93 bits per heavy atom. The maximum absolute atomic E-state index is 13.2. The van der Waals surface area contributed by atoms with E-state index >= 15 is 0 Å². The molecule has 2 amide bonds. The van der Waals surface area contributed by atoms with Gasteiger partial charge in [0, 0.05) is 34.7 Å². The van der Waals surface area contributed by atoms with E-state index in [0.29, 0.717) is 17.2 Å². The van der Waals surface area contributed by atoms with Crippen LogP contribution in [-0.4, -0.2) is 23.3 Å². The Hall–Kier alpha value is -3.06. The number of amides is 2. The smallest absolute Gasteiger partial charge is 0.258 e. The fraction of sp³-hybridized carbons (Fsp3) is 0.261. The van der Waals surface area contributed by atoms with Crippen molar-refractivity contribution in [3.8, 4) is 11.3 Å². The lowest BCUT2D eigenvalue weighted by Gasteiger charge is -2.30. The summed E-state index contributed by atoms with van der Waals surface area (Å²) in [6, 6.07) is 11.6. The van der Waals surface area contributed by atoms with Crippen LogP contribution in [0.3, 0.4) is 0 Å². The van der Waals surface area contributed by atoms with Crippen LogP contribution in [0.25, 0.3) is 11.3 Å². The molecule has 1 aliphatic heterocycles. The van der Waals surface area contributed by atoms with Crippen LogP contribution in [0.4, 0.5) is 15.2 Å². The van der Waals surface area contributed by atoms with Crippen LogP contribution in [0.15, 0.2) is 47.8 Å². The van der Waals surface area contributed by atoms with Gasteiger partial charge in [0.2, 0.25) is 5.91 Å². The Labute approximate surface area is 177 Å². The maximum atomic E-state index is 13.2. The Morgan fingerprint density at radius 3 is 2.70 bits per heavy atom. The molecule has 0 radical (unpaired) electrons. The first-order valence-corrected chi connectivity index (χ1v) is 10.9. The normalized spacial score (nSPS) is 15.6. The molecule has 0 unspecified atom stereocenters. The highest BCUT2D eigenvalue weighted by atomic mass is 32.1. The van der Waals surface area contributed by atoms with Gasteiger partial charge in [0.05, 0.1) is 5.69 Å². The lowest BCUT2D eigenvalue weighted by atomic mass is 9.97. The van der Waals surface area contributed by atoms with Gasteiger partial charge in [-0.1, -0.05) is 6.07 Å². The molecule has 0 atom stereocenters. The first kappa shape index (κ1) is 18.9. The molecule has 2 aromatic carbocycles. The fourth-order valence-electron chi connectivity index (χ4n) is 3.73. The van der Waals surface area contributed by atoms with Crippen LogP contribution >= 0.6 is 11.3 Å². The van der Waals surface area contributed by atoms with Crippen LogP contribution in [0.5, 0.6) is 0 Å². The summed E-state index contributed by atoms with van der Waals surface area (Å²) in [5.41, 5.74) is 4.23. The minimum Gasteiger partial charge on any atom is -0.308 e. The molecule has 1 fully saturated rings. The first-order chi connectivity index (χ1) is 14.6. The molecule has 5 rings (SSSR count). The third-order valence-corrected chi connectivity index (χ3v) is 6.27. The van der Waals surface area contributed by atoms with Crippen molar-refractivity contribution in [2.45, 2.75) is 25.7 Å². The number of aromatic nitrogens is 1. The van der Waals surface area contributed by atoms with Crippen molar-refractivity contribution in [2.24, 2.45) is 5.92 Å². The Kier molecular flexibility index (Phi) is 4.83. The SMILES string of the molecule is O=C(Nc1nc(-c2ccc3c(c2)CCCN3C(=O)c2ccc(F)cc2)cs1)C1CC1. The summed E-state index contributed by atoms with van der Waals surface area (Å²) in [5, 5.41) is 5.45. The summed E-state index contributed by atoms with van der Waals surface area (Å²) in [6.45, 7) is 0.636. The molecule has 0 spiro atoms. The van der Waals surface area contributed by atoms with Crippen molar-refractivity contribution in [1.82, 2.24) is 4.98 Å². The minimum atomic E-state index is -0.355. The number of nitrogens with one attached hydrogen (secondary N) is 1. The van der Waals surface area contributed by atoms with E-state index in [-0.39, 0.29) is 23.5 Å². The van der Waals surface area contributed by atoms with Crippen LogP contribution in [0.1, 0.15) is 35.2 Å². The molecular weight excluding hydrogens is 401 g/mol. The van der Waals surface area contributed by atoms with Crippen molar-refractivity contribution in [1.29, 1.82) is 0 Å². The van der Waals surface area contributed by atoms with Gasteiger partial charge < -0.3 is 10.2 Å². The van der Waals surface area contributed by atoms with Gasteiger partial charge >= 0.3 is 0 Å². The van der Waals surface area contributed by atoms with E-state index < -0.39 is 0 Å². The molecule has 1 saturated carbocycles. The molecule has 152 valence electrons.